The number of benzene rings is 1. The summed E-state index contributed by atoms with van der Waals surface area (Å²) in [5, 5.41) is 6.52. The summed E-state index contributed by atoms with van der Waals surface area (Å²) < 4.78 is 13.4. The van der Waals surface area contributed by atoms with E-state index in [9.17, 15) is 4.39 Å². The predicted octanol–water partition coefficient (Wildman–Crippen LogP) is 2.43. The largest absolute Gasteiger partial charge is 0.354 e. The molecule has 4 heteroatoms. The molecular weight excluding hydrogens is 229 g/mol. The minimum absolute atomic E-state index is 0.179. The molecule has 1 saturated carbocycles. The van der Waals surface area contributed by atoms with Gasteiger partial charge in [0.25, 0.3) is 0 Å². The third-order valence-corrected chi connectivity index (χ3v) is 3.32. The van der Waals surface area contributed by atoms with E-state index in [0.717, 1.165) is 5.96 Å². The van der Waals surface area contributed by atoms with Gasteiger partial charge in [-0.2, -0.15) is 0 Å². The maximum Gasteiger partial charge on any atom is 0.191 e. The Bertz CT molecular complexity index is 411. The molecule has 0 bridgehead atoms. The number of halogens is 1. The summed E-state index contributed by atoms with van der Waals surface area (Å²) in [6, 6.07) is 7.31. The predicted molar refractivity (Wildman–Crippen MR) is 72.0 cm³/mol. The van der Waals surface area contributed by atoms with E-state index in [-0.39, 0.29) is 5.82 Å². The Morgan fingerprint density at radius 1 is 1.33 bits per heavy atom. The number of guanidine groups is 1. The summed E-state index contributed by atoms with van der Waals surface area (Å²) in [7, 11) is 1.74. The van der Waals surface area contributed by atoms with Gasteiger partial charge in [0.2, 0.25) is 0 Å². The van der Waals surface area contributed by atoms with Crippen LogP contribution in [-0.2, 0) is 6.54 Å². The van der Waals surface area contributed by atoms with Crippen molar-refractivity contribution >= 4 is 5.96 Å². The van der Waals surface area contributed by atoms with Crippen LogP contribution in [0, 0.1) is 5.82 Å². The molecule has 0 unspecified atom stereocenters. The molecule has 3 nitrogen and oxygen atoms in total. The summed E-state index contributed by atoms with van der Waals surface area (Å²) in [5.74, 6) is 0.575. The first-order chi connectivity index (χ1) is 8.79. The molecule has 1 fully saturated rings. The summed E-state index contributed by atoms with van der Waals surface area (Å²) in [5.41, 5.74) is 0.659. The molecule has 1 aliphatic rings. The van der Waals surface area contributed by atoms with Crippen molar-refractivity contribution in [3.8, 4) is 0 Å². The Hall–Kier alpha value is -1.58. The van der Waals surface area contributed by atoms with Crippen LogP contribution in [0.3, 0.4) is 0 Å². The van der Waals surface area contributed by atoms with Crippen LogP contribution in [0.15, 0.2) is 29.3 Å². The topological polar surface area (TPSA) is 36.4 Å². The Labute approximate surface area is 108 Å². The molecule has 1 aliphatic carbocycles. The molecule has 2 rings (SSSR count). The van der Waals surface area contributed by atoms with E-state index in [1.165, 1.54) is 31.7 Å². The molecule has 0 heterocycles. The molecular formula is C14H20FN3. The third-order valence-electron chi connectivity index (χ3n) is 3.32. The quantitative estimate of drug-likeness (QED) is 0.637. The molecule has 1 aromatic rings. The lowest BCUT2D eigenvalue weighted by molar-refractivity contribution is 0.594. The van der Waals surface area contributed by atoms with E-state index in [2.05, 4.69) is 15.6 Å². The third kappa shape index (κ3) is 3.45. The van der Waals surface area contributed by atoms with Crippen LogP contribution in [0.5, 0.6) is 0 Å². The highest BCUT2D eigenvalue weighted by molar-refractivity contribution is 5.79. The fourth-order valence-electron chi connectivity index (χ4n) is 2.28. The van der Waals surface area contributed by atoms with Crippen LogP contribution in [0.25, 0.3) is 0 Å². The molecule has 0 radical (unpaired) electrons. The van der Waals surface area contributed by atoms with Gasteiger partial charge >= 0.3 is 0 Å². The van der Waals surface area contributed by atoms with Gasteiger partial charge in [-0.3, -0.25) is 4.99 Å². The van der Waals surface area contributed by atoms with Crippen molar-refractivity contribution in [2.24, 2.45) is 4.99 Å². The van der Waals surface area contributed by atoms with E-state index < -0.39 is 0 Å². The maximum atomic E-state index is 13.4. The number of aliphatic imine (C=N–C) groups is 1. The Kier molecular flexibility index (Phi) is 4.56. The van der Waals surface area contributed by atoms with Gasteiger partial charge < -0.3 is 10.6 Å². The van der Waals surface area contributed by atoms with E-state index in [0.29, 0.717) is 18.2 Å². The van der Waals surface area contributed by atoms with Crippen molar-refractivity contribution < 1.29 is 4.39 Å². The highest BCUT2D eigenvalue weighted by Crippen LogP contribution is 2.17. The Balaban J connectivity index is 1.85. The average molecular weight is 249 g/mol. The fourth-order valence-corrected chi connectivity index (χ4v) is 2.28. The van der Waals surface area contributed by atoms with Gasteiger partial charge in [0, 0.05) is 25.2 Å². The molecule has 0 amide bonds. The molecule has 2 N–H and O–H groups in total. The van der Waals surface area contributed by atoms with Gasteiger partial charge in [0.1, 0.15) is 5.82 Å². The lowest BCUT2D eigenvalue weighted by Gasteiger charge is -2.17. The first kappa shape index (κ1) is 12.9. The van der Waals surface area contributed by atoms with E-state index in [1.54, 1.807) is 19.2 Å². The maximum absolute atomic E-state index is 13.4. The van der Waals surface area contributed by atoms with Gasteiger partial charge in [0.05, 0.1) is 0 Å². The van der Waals surface area contributed by atoms with Gasteiger partial charge in [-0.05, 0) is 18.9 Å². The molecule has 0 saturated heterocycles. The monoisotopic (exact) mass is 249 g/mol. The molecule has 1 aromatic carbocycles. The normalized spacial score (nSPS) is 16.9. The van der Waals surface area contributed by atoms with Crippen molar-refractivity contribution in [2.45, 2.75) is 38.3 Å². The van der Waals surface area contributed by atoms with Crippen molar-refractivity contribution in [3.63, 3.8) is 0 Å². The second-order valence-corrected chi connectivity index (χ2v) is 4.64. The van der Waals surface area contributed by atoms with Gasteiger partial charge in [-0.1, -0.05) is 31.0 Å². The van der Waals surface area contributed by atoms with E-state index in [1.807, 2.05) is 6.07 Å². The second-order valence-electron chi connectivity index (χ2n) is 4.64. The number of hydrogen-bond acceptors (Lipinski definition) is 1. The lowest BCUT2D eigenvalue weighted by atomic mass is 10.2. The fraction of sp³-hybridized carbons (Fsp3) is 0.500. The first-order valence-corrected chi connectivity index (χ1v) is 6.50. The number of nitrogens with zero attached hydrogens (tertiary/aromatic N) is 1. The molecule has 0 atom stereocenters. The number of rotatable bonds is 3. The van der Waals surface area contributed by atoms with E-state index in [4.69, 9.17) is 0 Å². The minimum Gasteiger partial charge on any atom is -0.354 e. The number of nitrogens with one attached hydrogen (secondary N) is 2. The molecule has 98 valence electrons. The zero-order valence-corrected chi connectivity index (χ0v) is 10.7. The van der Waals surface area contributed by atoms with Crippen LogP contribution >= 0.6 is 0 Å². The van der Waals surface area contributed by atoms with Crippen molar-refractivity contribution in [3.05, 3.63) is 35.6 Å². The lowest BCUT2D eigenvalue weighted by Crippen LogP contribution is -2.42. The van der Waals surface area contributed by atoms with Crippen LogP contribution in [-0.4, -0.2) is 19.0 Å². The molecule has 18 heavy (non-hydrogen) atoms. The number of hydrogen-bond donors (Lipinski definition) is 2. The SMILES string of the molecule is CN=C(NCc1ccccc1F)NC1CCCC1. The van der Waals surface area contributed by atoms with Gasteiger partial charge in [-0.25, -0.2) is 4.39 Å². The minimum atomic E-state index is -0.179. The summed E-state index contributed by atoms with van der Waals surface area (Å²) >= 11 is 0. The molecule has 0 aliphatic heterocycles. The van der Waals surface area contributed by atoms with Crippen LogP contribution in [0.4, 0.5) is 4.39 Å². The Morgan fingerprint density at radius 3 is 2.72 bits per heavy atom. The smallest absolute Gasteiger partial charge is 0.191 e. The zero-order valence-electron chi connectivity index (χ0n) is 10.7. The molecule has 0 aromatic heterocycles. The Morgan fingerprint density at radius 2 is 2.06 bits per heavy atom. The van der Waals surface area contributed by atoms with Crippen LogP contribution in [0.2, 0.25) is 0 Å². The zero-order chi connectivity index (χ0) is 12.8. The average Bonchev–Trinajstić information content (AvgIpc) is 2.89. The summed E-state index contributed by atoms with van der Waals surface area (Å²) in [4.78, 5) is 4.17. The molecule has 0 spiro atoms. The van der Waals surface area contributed by atoms with Crippen LogP contribution < -0.4 is 10.6 Å². The summed E-state index contributed by atoms with van der Waals surface area (Å²) in [6.07, 6.45) is 4.95. The summed E-state index contributed by atoms with van der Waals surface area (Å²) in [6.45, 7) is 0.457. The highest BCUT2D eigenvalue weighted by atomic mass is 19.1. The van der Waals surface area contributed by atoms with Crippen molar-refractivity contribution in [1.82, 2.24) is 10.6 Å². The first-order valence-electron chi connectivity index (χ1n) is 6.50. The van der Waals surface area contributed by atoms with Gasteiger partial charge in [-0.15, -0.1) is 0 Å². The van der Waals surface area contributed by atoms with Crippen molar-refractivity contribution in [1.29, 1.82) is 0 Å². The second kappa shape index (κ2) is 6.38. The highest BCUT2D eigenvalue weighted by Gasteiger charge is 2.15. The van der Waals surface area contributed by atoms with Gasteiger partial charge in [0.15, 0.2) is 5.96 Å². The standard InChI is InChI=1S/C14H20FN3/c1-16-14(18-12-7-3-4-8-12)17-10-11-6-2-5-9-13(11)15/h2,5-6,9,12H,3-4,7-8,10H2,1H3,(H2,16,17,18). The van der Waals surface area contributed by atoms with Crippen LogP contribution in [0.1, 0.15) is 31.2 Å². The van der Waals surface area contributed by atoms with E-state index >= 15 is 0 Å². The van der Waals surface area contributed by atoms with Crippen molar-refractivity contribution in [2.75, 3.05) is 7.05 Å².